The van der Waals surface area contributed by atoms with Gasteiger partial charge in [-0.25, -0.2) is 18.6 Å². The number of carboxylic acid groups (broad SMARTS) is 1. The summed E-state index contributed by atoms with van der Waals surface area (Å²) in [6, 6.07) is 12.3. The van der Waals surface area contributed by atoms with Gasteiger partial charge in [-0.15, -0.1) is 6.42 Å². The third kappa shape index (κ3) is 5.77. The zero-order valence-corrected chi connectivity index (χ0v) is 22.8. The van der Waals surface area contributed by atoms with Gasteiger partial charge in [0.2, 0.25) is 0 Å². The molecule has 0 amide bonds. The van der Waals surface area contributed by atoms with Crippen molar-refractivity contribution in [2.45, 2.75) is 32.2 Å². The fourth-order valence-corrected chi connectivity index (χ4v) is 5.19. The highest BCUT2D eigenvalue weighted by Crippen LogP contribution is 2.25. The highest BCUT2D eigenvalue weighted by atomic mass is 19.1. The Morgan fingerprint density at radius 1 is 1.07 bits per heavy atom. The maximum atomic E-state index is 14.5. The van der Waals surface area contributed by atoms with Crippen LogP contribution in [0.1, 0.15) is 33.7 Å². The van der Waals surface area contributed by atoms with Crippen molar-refractivity contribution in [2.75, 3.05) is 37.7 Å². The third-order valence-electron chi connectivity index (χ3n) is 7.70. The third-order valence-corrected chi connectivity index (χ3v) is 7.70. The number of ether oxygens (including phenoxy) is 2. The first-order valence-electron chi connectivity index (χ1n) is 13.7. The number of hydrogen-bond acceptors (Lipinski definition) is 7. The molecule has 4 heterocycles. The molecular weight excluding hydrogens is 544 g/mol. The molecule has 9 nitrogen and oxygen atoms in total. The van der Waals surface area contributed by atoms with Crippen molar-refractivity contribution in [3.8, 4) is 18.2 Å². The number of carboxylic acids is 1. The Labute approximate surface area is 241 Å². The van der Waals surface area contributed by atoms with Gasteiger partial charge in [0, 0.05) is 43.9 Å². The van der Waals surface area contributed by atoms with Crippen LogP contribution in [0.15, 0.2) is 48.5 Å². The van der Waals surface area contributed by atoms with E-state index in [1.165, 1.54) is 18.2 Å². The molecule has 2 aromatic heterocycles. The summed E-state index contributed by atoms with van der Waals surface area (Å²) in [4.78, 5) is 25.1. The molecule has 1 N–H and O–H groups in total. The molecule has 6 rings (SSSR count). The highest BCUT2D eigenvalue weighted by Gasteiger charge is 2.25. The molecule has 2 fully saturated rings. The Bertz CT molecular complexity index is 1670. The van der Waals surface area contributed by atoms with Crippen LogP contribution >= 0.6 is 0 Å². The van der Waals surface area contributed by atoms with Gasteiger partial charge in [-0.3, -0.25) is 4.90 Å². The Morgan fingerprint density at radius 2 is 1.88 bits per heavy atom. The van der Waals surface area contributed by atoms with Crippen molar-refractivity contribution >= 4 is 22.8 Å². The van der Waals surface area contributed by atoms with Crippen molar-refractivity contribution in [1.82, 2.24) is 19.4 Å². The molecule has 1 atom stereocenters. The Morgan fingerprint density at radius 3 is 2.57 bits per heavy atom. The largest absolute Gasteiger partial charge is 0.478 e. The number of carbonyl (C=O) groups is 1. The zero-order valence-electron chi connectivity index (χ0n) is 22.8. The summed E-state index contributed by atoms with van der Waals surface area (Å²) in [6.07, 6.45) is 6.35. The number of fused-ring (bicyclic) bond motifs is 1. The van der Waals surface area contributed by atoms with Gasteiger partial charge < -0.3 is 24.0 Å². The zero-order chi connectivity index (χ0) is 29.2. The number of imidazole rings is 1. The molecule has 0 saturated carbocycles. The molecule has 42 heavy (non-hydrogen) atoms. The molecule has 1 unspecified atom stereocenters. The second-order valence-electron chi connectivity index (χ2n) is 10.4. The molecule has 2 saturated heterocycles. The van der Waals surface area contributed by atoms with Crippen molar-refractivity contribution in [2.24, 2.45) is 0 Å². The summed E-state index contributed by atoms with van der Waals surface area (Å²) in [5, 5.41) is 9.48. The number of aromatic nitrogens is 3. The van der Waals surface area contributed by atoms with Crippen LogP contribution in [0.25, 0.3) is 11.0 Å². The molecule has 11 heteroatoms. The number of halogens is 2. The van der Waals surface area contributed by atoms with Crippen LogP contribution in [0.2, 0.25) is 0 Å². The van der Waals surface area contributed by atoms with E-state index in [-0.39, 0.29) is 29.7 Å². The van der Waals surface area contributed by atoms with E-state index in [2.05, 4.69) is 25.3 Å². The number of benzene rings is 2. The first-order chi connectivity index (χ1) is 20.4. The van der Waals surface area contributed by atoms with E-state index in [1.807, 2.05) is 0 Å². The summed E-state index contributed by atoms with van der Waals surface area (Å²) in [7, 11) is 0. The van der Waals surface area contributed by atoms with Gasteiger partial charge >= 0.3 is 5.97 Å². The smallest absolute Gasteiger partial charge is 0.335 e. The first-order valence-corrected chi connectivity index (χ1v) is 13.7. The second-order valence-corrected chi connectivity index (χ2v) is 10.4. The predicted octanol–water partition coefficient (Wildman–Crippen LogP) is 4.08. The van der Waals surface area contributed by atoms with Gasteiger partial charge in [0.1, 0.15) is 24.1 Å². The number of pyridine rings is 1. The fraction of sp³-hybridized carbons (Fsp3) is 0.323. The summed E-state index contributed by atoms with van der Waals surface area (Å²) in [5.41, 5.74) is 2.43. The van der Waals surface area contributed by atoms with E-state index in [4.69, 9.17) is 20.9 Å². The number of hydrogen-bond donors (Lipinski definition) is 1. The predicted molar refractivity (Wildman–Crippen MR) is 151 cm³/mol. The maximum Gasteiger partial charge on any atom is 0.335 e. The van der Waals surface area contributed by atoms with Crippen molar-refractivity contribution in [3.63, 3.8) is 0 Å². The SMILES string of the molecule is C#Cc1ccc(COc2nc(N3CCN(Cc4nc5ccc(C(=O)O)cc5n4CC4CCO4)CC3)ccc2F)c(F)c1. The van der Waals surface area contributed by atoms with Crippen LogP contribution in [0.3, 0.4) is 0 Å². The number of nitrogens with zero attached hydrogens (tertiary/aromatic N) is 5. The van der Waals surface area contributed by atoms with Crippen molar-refractivity contribution in [3.05, 3.63) is 82.7 Å². The van der Waals surface area contributed by atoms with Crippen LogP contribution in [0.4, 0.5) is 14.6 Å². The van der Waals surface area contributed by atoms with Crippen molar-refractivity contribution in [1.29, 1.82) is 0 Å². The molecule has 2 aliphatic heterocycles. The molecular formula is C31H29F2N5O4. The minimum atomic E-state index is -0.976. The number of piperazine rings is 1. The van der Waals surface area contributed by atoms with Gasteiger partial charge in [0.25, 0.3) is 5.88 Å². The molecule has 0 radical (unpaired) electrons. The topological polar surface area (TPSA) is 93.0 Å². The minimum absolute atomic E-state index is 0.0891. The number of terminal acetylenes is 1. The van der Waals surface area contributed by atoms with Gasteiger partial charge in [-0.05, 0) is 48.9 Å². The van der Waals surface area contributed by atoms with Gasteiger partial charge in [-0.1, -0.05) is 12.0 Å². The average molecular weight is 574 g/mol. The van der Waals surface area contributed by atoms with E-state index in [9.17, 15) is 18.7 Å². The van der Waals surface area contributed by atoms with E-state index < -0.39 is 17.6 Å². The lowest BCUT2D eigenvalue weighted by Gasteiger charge is -2.35. The van der Waals surface area contributed by atoms with Crippen molar-refractivity contribution < 1.29 is 28.2 Å². The van der Waals surface area contributed by atoms with E-state index in [0.29, 0.717) is 50.6 Å². The standard InChI is InChI=1S/C31H29F2N5O4/c1-2-20-3-4-22(25(33)15-20)19-42-30-24(32)6-8-28(35-30)37-12-10-36(11-13-37)18-29-34-26-7-5-21(31(39)40)16-27(26)38(29)17-23-9-14-41-23/h1,3-8,15-16,23H,9-14,17-19H2,(H,39,40). The van der Waals surface area contributed by atoms with Crippen LogP contribution in [0.5, 0.6) is 5.88 Å². The number of anilines is 1. The molecule has 216 valence electrons. The van der Waals surface area contributed by atoms with Crippen LogP contribution in [-0.2, 0) is 24.4 Å². The Balaban J connectivity index is 1.12. The minimum Gasteiger partial charge on any atom is -0.478 e. The Kier molecular flexibility index (Phi) is 7.73. The molecule has 2 aromatic carbocycles. The van der Waals surface area contributed by atoms with Gasteiger partial charge in [-0.2, -0.15) is 4.98 Å². The van der Waals surface area contributed by atoms with E-state index in [1.54, 1.807) is 30.3 Å². The lowest BCUT2D eigenvalue weighted by atomic mass is 10.1. The first kappa shape index (κ1) is 27.6. The number of rotatable bonds is 9. The summed E-state index contributed by atoms with van der Waals surface area (Å²) in [6.45, 7) is 4.48. The second kappa shape index (κ2) is 11.8. The molecule has 2 aliphatic rings. The van der Waals surface area contributed by atoms with E-state index in [0.717, 1.165) is 29.9 Å². The maximum absolute atomic E-state index is 14.5. The molecule has 0 bridgehead atoms. The number of aromatic carboxylic acids is 1. The molecule has 4 aromatic rings. The van der Waals surface area contributed by atoms with Gasteiger partial charge in [0.05, 0.1) is 35.8 Å². The molecule has 0 spiro atoms. The summed E-state index contributed by atoms with van der Waals surface area (Å²) >= 11 is 0. The summed E-state index contributed by atoms with van der Waals surface area (Å²) in [5.74, 6) is 1.49. The average Bonchev–Trinajstić information content (AvgIpc) is 3.31. The Hall–Kier alpha value is -4.53. The summed E-state index contributed by atoms with van der Waals surface area (Å²) < 4.78 is 42.1. The fourth-order valence-electron chi connectivity index (χ4n) is 5.19. The van der Waals surface area contributed by atoms with Gasteiger partial charge in [0.15, 0.2) is 5.82 Å². The van der Waals surface area contributed by atoms with Crippen LogP contribution in [-0.4, -0.2) is 69.4 Å². The van der Waals surface area contributed by atoms with Crippen LogP contribution in [0, 0.1) is 24.0 Å². The van der Waals surface area contributed by atoms with E-state index >= 15 is 0 Å². The lowest BCUT2D eigenvalue weighted by molar-refractivity contribution is -0.0592. The highest BCUT2D eigenvalue weighted by molar-refractivity contribution is 5.92. The molecule has 0 aliphatic carbocycles. The lowest BCUT2D eigenvalue weighted by Crippen LogP contribution is -2.46. The quantitative estimate of drug-likeness (QED) is 0.300. The monoisotopic (exact) mass is 573 g/mol. The normalized spacial score (nSPS) is 17.2. The van der Waals surface area contributed by atoms with Crippen LogP contribution < -0.4 is 9.64 Å².